The Kier molecular flexibility index (Phi) is 13.5. The van der Waals surface area contributed by atoms with Crippen molar-refractivity contribution in [1.82, 2.24) is 0 Å². The predicted octanol–water partition coefficient (Wildman–Crippen LogP) is -3.13. The molecule has 2 nitrogen and oxygen atoms in total. The number of rotatable bonds is 2. The first kappa shape index (κ1) is 21.0. The van der Waals surface area contributed by atoms with E-state index in [1.54, 1.807) is 22.7 Å². The number of aromatic nitrogens is 2. The van der Waals surface area contributed by atoms with Crippen LogP contribution in [0.3, 0.4) is 0 Å². The quantitative estimate of drug-likeness (QED) is 0.383. The molecule has 0 radical (unpaired) electrons. The van der Waals surface area contributed by atoms with Gasteiger partial charge in [0.2, 0.25) is 11.0 Å². The summed E-state index contributed by atoms with van der Waals surface area (Å²) in [7, 11) is 0. The molecule has 0 aliphatic heterocycles. The van der Waals surface area contributed by atoms with E-state index < -0.39 is 0 Å². The molecule has 0 aliphatic rings. The minimum atomic E-state index is 0. The van der Waals surface area contributed by atoms with Crippen molar-refractivity contribution in [1.29, 1.82) is 0 Å². The second kappa shape index (κ2) is 11.5. The average Bonchev–Trinajstić information content (AvgIpc) is 2.87. The Morgan fingerprint density at radius 3 is 1.28 bits per heavy atom. The van der Waals surface area contributed by atoms with Gasteiger partial charge in [-0.1, -0.05) is 36.5 Å². The van der Waals surface area contributed by atoms with Crippen molar-refractivity contribution in [2.24, 2.45) is 0 Å². The van der Waals surface area contributed by atoms with E-state index in [0.29, 0.717) is 0 Å². The van der Waals surface area contributed by atoms with Gasteiger partial charge in [-0.15, -0.1) is 0 Å². The van der Waals surface area contributed by atoms with Crippen LogP contribution in [0.2, 0.25) is 0 Å². The highest BCUT2D eigenvalue weighted by molar-refractivity contribution is 7.09. The molecule has 0 atom stereocenters. The van der Waals surface area contributed by atoms with Crippen LogP contribution in [0.1, 0.15) is 35.0 Å². The minimum absolute atomic E-state index is 0. The fourth-order valence-electron chi connectivity index (χ4n) is 1.41. The molecule has 2 aromatic heterocycles. The molecule has 18 heavy (non-hydrogen) atoms. The molecule has 0 spiro atoms. The first-order valence-electron chi connectivity index (χ1n) is 5.58. The van der Waals surface area contributed by atoms with Crippen molar-refractivity contribution in [3.63, 3.8) is 0 Å². The number of nitrogens with one attached hydrogen (secondary N) is 2. The zero-order valence-corrected chi connectivity index (χ0v) is 17.1. The van der Waals surface area contributed by atoms with Gasteiger partial charge < -0.3 is 48.0 Å². The molecule has 0 unspecified atom stereocenters. The third-order valence-corrected chi connectivity index (χ3v) is 4.66. The van der Waals surface area contributed by atoms with E-state index in [0.717, 1.165) is 12.8 Å². The zero-order chi connectivity index (χ0) is 12.0. The first-order chi connectivity index (χ1) is 7.69. The normalized spacial score (nSPS) is 8.67. The van der Waals surface area contributed by atoms with Crippen molar-refractivity contribution in [3.8, 4) is 0 Å². The van der Waals surface area contributed by atoms with Crippen LogP contribution in [0, 0.1) is 13.8 Å². The number of H-pyrrole nitrogens is 2. The molecule has 0 fully saturated rings. The zero-order valence-electron chi connectivity index (χ0n) is 11.1. The summed E-state index contributed by atoms with van der Waals surface area (Å²) in [5, 5.41) is 0. The van der Waals surface area contributed by atoms with Gasteiger partial charge in [0.1, 0.15) is 0 Å². The molecule has 0 amide bonds. The van der Waals surface area contributed by atoms with E-state index in [-0.39, 0.29) is 48.0 Å². The number of hydrogen-bond acceptors (Lipinski definition) is 2. The fraction of sp³-hybridized carbons (Fsp3) is 0.500. The molecule has 0 saturated carbocycles. The summed E-state index contributed by atoms with van der Waals surface area (Å²) < 4.78 is 0. The van der Waals surface area contributed by atoms with Crippen molar-refractivity contribution in [2.75, 3.05) is 0 Å². The van der Waals surface area contributed by atoms with Crippen molar-refractivity contribution >= 4 is 22.7 Å². The van der Waals surface area contributed by atoms with E-state index in [9.17, 15) is 0 Å². The maximum Gasteiger partial charge on any atom is 0.223 e. The lowest BCUT2D eigenvalue weighted by atomic mass is 10.3. The third-order valence-electron chi connectivity index (χ3n) is 2.43. The lowest BCUT2D eigenvalue weighted by molar-refractivity contribution is -0.381. The second-order valence-electron chi connectivity index (χ2n) is 3.56. The van der Waals surface area contributed by atoms with Gasteiger partial charge in [0.25, 0.3) is 0 Å². The van der Waals surface area contributed by atoms with Gasteiger partial charge in [-0.25, -0.2) is 9.97 Å². The van der Waals surface area contributed by atoms with Crippen molar-refractivity contribution in [3.05, 3.63) is 32.2 Å². The van der Waals surface area contributed by atoms with E-state index in [4.69, 9.17) is 0 Å². The van der Waals surface area contributed by atoms with E-state index in [1.807, 2.05) is 11.0 Å². The summed E-state index contributed by atoms with van der Waals surface area (Å²) in [6.07, 6.45) is 2.31. The van der Waals surface area contributed by atoms with E-state index >= 15 is 0 Å². The van der Waals surface area contributed by atoms with Crippen LogP contribution in [-0.4, -0.2) is 0 Å². The molecular formula is C12H20I2N2S2. The predicted molar refractivity (Wildman–Crippen MR) is 70.0 cm³/mol. The SMILES string of the molecule is CCc1sc[nH+]c1C.CCc1sc[nH+]c1C.[I-].[I-]. The highest BCUT2D eigenvalue weighted by Gasteiger charge is 2.02. The number of halogens is 2. The lowest BCUT2D eigenvalue weighted by Gasteiger charge is -1.80. The molecule has 6 heteroatoms. The standard InChI is InChI=1S/2C6H9NS.2HI/c2*1-3-6-5(2)7-4-8-6;;/h2*4H,3H2,1-2H3;2*1H. The molecule has 0 bridgehead atoms. The Hall–Kier alpha value is 0.720. The maximum absolute atomic E-state index is 3.14. The van der Waals surface area contributed by atoms with Crippen LogP contribution in [0.4, 0.5) is 0 Å². The largest absolute Gasteiger partial charge is 1.00 e. The molecule has 2 N–H and O–H groups in total. The molecule has 104 valence electrons. The minimum Gasteiger partial charge on any atom is -1.00 e. The Morgan fingerprint density at radius 2 is 1.17 bits per heavy atom. The van der Waals surface area contributed by atoms with Gasteiger partial charge in [-0.2, -0.15) is 0 Å². The Bertz CT molecular complexity index is 387. The Morgan fingerprint density at radius 1 is 0.833 bits per heavy atom. The molecule has 0 aromatic carbocycles. The Balaban J connectivity index is 0. The summed E-state index contributed by atoms with van der Waals surface area (Å²) >= 11 is 3.59. The topological polar surface area (TPSA) is 28.3 Å². The highest BCUT2D eigenvalue weighted by Crippen LogP contribution is 2.08. The molecular weight excluding hydrogens is 490 g/mol. The molecule has 2 aromatic rings. The van der Waals surface area contributed by atoms with Gasteiger partial charge >= 0.3 is 0 Å². The summed E-state index contributed by atoms with van der Waals surface area (Å²) in [6, 6.07) is 0. The van der Waals surface area contributed by atoms with Crippen LogP contribution in [0.25, 0.3) is 0 Å². The average molecular weight is 510 g/mol. The van der Waals surface area contributed by atoms with E-state index in [1.165, 1.54) is 21.1 Å². The first-order valence-corrected chi connectivity index (χ1v) is 7.34. The van der Waals surface area contributed by atoms with Crippen LogP contribution >= 0.6 is 22.7 Å². The summed E-state index contributed by atoms with van der Waals surface area (Å²) in [5.74, 6) is 0. The maximum atomic E-state index is 3.14. The van der Waals surface area contributed by atoms with Crippen molar-refractivity contribution in [2.45, 2.75) is 40.5 Å². The number of aryl methyl sites for hydroxylation is 4. The van der Waals surface area contributed by atoms with Gasteiger partial charge in [0, 0.05) is 13.8 Å². The van der Waals surface area contributed by atoms with Crippen LogP contribution in [0.15, 0.2) is 11.0 Å². The van der Waals surface area contributed by atoms with Gasteiger partial charge in [-0.3, -0.25) is 0 Å². The molecule has 0 saturated heterocycles. The van der Waals surface area contributed by atoms with Crippen LogP contribution < -0.4 is 57.9 Å². The van der Waals surface area contributed by atoms with Crippen molar-refractivity contribution < 1.29 is 57.9 Å². The molecule has 2 heterocycles. The molecule has 2 rings (SSSR count). The summed E-state index contributed by atoms with van der Waals surface area (Å²) in [5.41, 5.74) is 6.68. The smallest absolute Gasteiger partial charge is 0.223 e. The highest BCUT2D eigenvalue weighted by atomic mass is 127. The van der Waals surface area contributed by atoms with Gasteiger partial charge in [0.05, 0.1) is 9.75 Å². The second-order valence-corrected chi connectivity index (χ2v) is 5.49. The monoisotopic (exact) mass is 510 g/mol. The molecule has 0 aliphatic carbocycles. The summed E-state index contributed by atoms with van der Waals surface area (Å²) in [4.78, 5) is 9.20. The van der Waals surface area contributed by atoms with Crippen LogP contribution in [0.5, 0.6) is 0 Å². The lowest BCUT2D eigenvalue weighted by Crippen LogP contribution is -3.00. The number of hydrogen-bond donors (Lipinski definition) is 0. The summed E-state index contributed by atoms with van der Waals surface area (Å²) in [6.45, 7) is 8.56. The van der Waals surface area contributed by atoms with Gasteiger partial charge in [-0.05, 0) is 12.8 Å². The fourth-order valence-corrected chi connectivity index (χ4v) is 2.97. The van der Waals surface area contributed by atoms with E-state index in [2.05, 4.69) is 37.7 Å². The third kappa shape index (κ3) is 6.76. The van der Waals surface area contributed by atoms with Gasteiger partial charge in [0.15, 0.2) is 11.4 Å². The number of aromatic amines is 2. The van der Waals surface area contributed by atoms with Crippen LogP contribution in [-0.2, 0) is 12.8 Å². The number of thiazole rings is 2. The Labute approximate surface area is 152 Å².